The fourth-order valence-corrected chi connectivity index (χ4v) is 2.89. The van der Waals surface area contributed by atoms with E-state index in [0.29, 0.717) is 5.56 Å². The summed E-state index contributed by atoms with van der Waals surface area (Å²) in [6.45, 7) is -0.714. The topological polar surface area (TPSA) is 54.9 Å². The molecule has 0 spiro atoms. The summed E-state index contributed by atoms with van der Waals surface area (Å²) in [5, 5.41) is 0.218. The zero-order chi connectivity index (χ0) is 19.8. The van der Waals surface area contributed by atoms with Gasteiger partial charge in [0.05, 0.1) is 17.7 Å². The third kappa shape index (κ3) is 3.80. The molecule has 1 heterocycles. The highest BCUT2D eigenvalue weighted by atomic mass is 35.5. The van der Waals surface area contributed by atoms with Crippen LogP contribution in [-0.2, 0) is 12.7 Å². The summed E-state index contributed by atoms with van der Waals surface area (Å²) < 4.78 is 54.3. The van der Waals surface area contributed by atoms with Crippen molar-refractivity contribution in [1.29, 1.82) is 0 Å². The molecule has 1 aromatic heterocycles. The van der Waals surface area contributed by atoms with Crippen molar-refractivity contribution in [3.63, 3.8) is 0 Å². The van der Waals surface area contributed by atoms with Gasteiger partial charge >= 0.3 is 11.9 Å². The average Bonchev–Trinajstić information content (AvgIpc) is 2.58. The zero-order valence-corrected chi connectivity index (χ0v) is 14.2. The highest BCUT2D eigenvalue weighted by molar-refractivity contribution is 6.33. The zero-order valence-electron chi connectivity index (χ0n) is 13.5. The molecule has 0 bridgehead atoms. The number of hydrogen-bond acceptors (Lipinski definition) is 2. The van der Waals surface area contributed by atoms with Crippen molar-refractivity contribution < 1.29 is 17.6 Å². The number of nitrogens with zero attached hydrogens (tertiary/aromatic N) is 1. The minimum atomic E-state index is -4.80. The predicted octanol–water partition coefficient (Wildman–Crippen LogP) is 4.06. The molecule has 27 heavy (non-hydrogen) atoms. The Bertz CT molecular complexity index is 1120. The molecule has 1 N–H and O–H groups in total. The molecule has 0 radical (unpaired) electrons. The highest BCUT2D eigenvalue weighted by Gasteiger charge is 2.34. The first kappa shape index (κ1) is 18.9. The first-order valence-corrected chi connectivity index (χ1v) is 7.99. The molecule has 3 aromatic rings. The van der Waals surface area contributed by atoms with Crippen LogP contribution in [0.4, 0.5) is 17.6 Å². The van der Waals surface area contributed by atoms with Gasteiger partial charge in [0.1, 0.15) is 5.82 Å². The molecule has 0 saturated heterocycles. The second-order valence-electron chi connectivity index (χ2n) is 5.67. The lowest BCUT2D eigenvalue weighted by molar-refractivity contribution is -0.138. The SMILES string of the molecule is O=c1[nH]c(=O)n(Cc2c(F)cccc2C(F)(F)F)cc1-c1ccccc1Cl. The summed E-state index contributed by atoms with van der Waals surface area (Å²) in [6.07, 6.45) is -3.73. The first-order chi connectivity index (χ1) is 12.7. The van der Waals surface area contributed by atoms with E-state index in [0.717, 1.165) is 29.0 Å². The number of halogens is 5. The van der Waals surface area contributed by atoms with E-state index in [-0.39, 0.29) is 10.6 Å². The summed E-state index contributed by atoms with van der Waals surface area (Å²) in [7, 11) is 0. The molecular weight excluding hydrogens is 388 g/mol. The lowest BCUT2D eigenvalue weighted by atomic mass is 10.1. The maximum atomic E-state index is 14.1. The lowest BCUT2D eigenvalue weighted by Crippen LogP contribution is -2.31. The van der Waals surface area contributed by atoms with Gasteiger partial charge in [-0.05, 0) is 18.2 Å². The van der Waals surface area contributed by atoms with Crippen LogP contribution in [0, 0.1) is 5.82 Å². The van der Waals surface area contributed by atoms with Crippen LogP contribution in [0.3, 0.4) is 0 Å². The Kier molecular flexibility index (Phi) is 4.93. The monoisotopic (exact) mass is 398 g/mol. The predicted molar refractivity (Wildman–Crippen MR) is 92.3 cm³/mol. The molecule has 0 unspecified atom stereocenters. The number of rotatable bonds is 3. The summed E-state index contributed by atoms with van der Waals surface area (Å²) in [4.78, 5) is 26.2. The summed E-state index contributed by atoms with van der Waals surface area (Å²) in [6, 6.07) is 8.81. The molecular formula is C18H11ClF4N2O2. The van der Waals surface area contributed by atoms with Crippen molar-refractivity contribution in [2.24, 2.45) is 0 Å². The summed E-state index contributed by atoms with van der Waals surface area (Å²) in [5.41, 5.74) is -3.35. The number of alkyl halides is 3. The van der Waals surface area contributed by atoms with E-state index in [1.807, 2.05) is 4.98 Å². The van der Waals surface area contributed by atoms with Gasteiger partial charge in [0, 0.05) is 22.3 Å². The smallest absolute Gasteiger partial charge is 0.295 e. The molecule has 0 aliphatic carbocycles. The Morgan fingerprint density at radius 2 is 1.70 bits per heavy atom. The van der Waals surface area contributed by atoms with Gasteiger partial charge in [-0.2, -0.15) is 13.2 Å². The van der Waals surface area contributed by atoms with E-state index in [9.17, 15) is 27.2 Å². The number of H-pyrrole nitrogens is 1. The minimum absolute atomic E-state index is 0.0231. The van der Waals surface area contributed by atoms with Crippen molar-refractivity contribution in [3.8, 4) is 11.1 Å². The van der Waals surface area contributed by atoms with Crippen LogP contribution in [0.1, 0.15) is 11.1 Å². The Balaban J connectivity index is 2.16. The van der Waals surface area contributed by atoms with Crippen LogP contribution >= 0.6 is 11.6 Å². The van der Waals surface area contributed by atoms with Crippen molar-refractivity contribution >= 4 is 11.6 Å². The van der Waals surface area contributed by atoms with Gasteiger partial charge in [0.25, 0.3) is 5.56 Å². The second-order valence-corrected chi connectivity index (χ2v) is 6.08. The normalized spacial score (nSPS) is 11.6. The average molecular weight is 399 g/mol. The fraction of sp³-hybridized carbons (Fsp3) is 0.111. The van der Waals surface area contributed by atoms with E-state index >= 15 is 0 Å². The van der Waals surface area contributed by atoms with Crippen LogP contribution in [0.15, 0.2) is 58.3 Å². The molecule has 140 valence electrons. The fourth-order valence-electron chi connectivity index (χ4n) is 2.65. The maximum Gasteiger partial charge on any atom is 0.416 e. The lowest BCUT2D eigenvalue weighted by Gasteiger charge is -2.15. The molecule has 0 aliphatic heterocycles. The van der Waals surface area contributed by atoms with Crippen LogP contribution < -0.4 is 11.2 Å². The number of aromatic amines is 1. The van der Waals surface area contributed by atoms with Gasteiger partial charge in [-0.25, -0.2) is 9.18 Å². The first-order valence-electron chi connectivity index (χ1n) is 7.61. The van der Waals surface area contributed by atoms with Gasteiger partial charge in [0.15, 0.2) is 0 Å². The number of hydrogen-bond donors (Lipinski definition) is 1. The summed E-state index contributed by atoms with van der Waals surface area (Å²) in [5.74, 6) is -1.11. The van der Waals surface area contributed by atoms with Gasteiger partial charge < -0.3 is 0 Å². The Morgan fingerprint density at radius 1 is 1.00 bits per heavy atom. The van der Waals surface area contributed by atoms with E-state index < -0.39 is 40.9 Å². The third-order valence-electron chi connectivity index (χ3n) is 3.93. The molecule has 0 atom stereocenters. The van der Waals surface area contributed by atoms with E-state index in [4.69, 9.17) is 11.6 Å². The van der Waals surface area contributed by atoms with Crippen LogP contribution in [0.5, 0.6) is 0 Å². The Morgan fingerprint density at radius 3 is 2.37 bits per heavy atom. The maximum absolute atomic E-state index is 14.1. The highest BCUT2D eigenvalue weighted by Crippen LogP contribution is 2.33. The quantitative estimate of drug-likeness (QED) is 0.676. The van der Waals surface area contributed by atoms with Crippen LogP contribution in [0.2, 0.25) is 5.02 Å². The van der Waals surface area contributed by atoms with E-state index in [1.165, 1.54) is 12.1 Å². The van der Waals surface area contributed by atoms with Gasteiger partial charge in [-0.15, -0.1) is 0 Å². The third-order valence-corrected chi connectivity index (χ3v) is 4.26. The van der Waals surface area contributed by atoms with E-state index in [1.54, 1.807) is 12.1 Å². The van der Waals surface area contributed by atoms with Crippen molar-refractivity contribution in [1.82, 2.24) is 9.55 Å². The van der Waals surface area contributed by atoms with Crippen molar-refractivity contribution in [3.05, 3.63) is 91.5 Å². The molecule has 9 heteroatoms. The number of benzene rings is 2. The molecule has 0 aliphatic rings. The molecule has 3 rings (SSSR count). The number of aromatic nitrogens is 2. The molecule has 4 nitrogen and oxygen atoms in total. The minimum Gasteiger partial charge on any atom is -0.295 e. The number of nitrogens with one attached hydrogen (secondary N) is 1. The molecule has 2 aromatic carbocycles. The Labute approximate surface area is 154 Å². The van der Waals surface area contributed by atoms with Crippen LogP contribution in [-0.4, -0.2) is 9.55 Å². The standard InChI is InChI=1S/C18H11ClF4N2O2/c19-14-6-2-1-4-10(14)11-8-25(17(27)24-16(11)26)9-12-13(18(21,22)23)5-3-7-15(12)20/h1-8H,9H2,(H,24,26,27). The van der Waals surface area contributed by atoms with Crippen molar-refractivity contribution in [2.45, 2.75) is 12.7 Å². The van der Waals surface area contributed by atoms with E-state index in [2.05, 4.69) is 0 Å². The largest absolute Gasteiger partial charge is 0.416 e. The molecule has 0 amide bonds. The van der Waals surface area contributed by atoms with Crippen molar-refractivity contribution in [2.75, 3.05) is 0 Å². The van der Waals surface area contributed by atoms with Crippen LogP contribution in [0.25, 0.3) is 11.1 Å². The van der Waals surface area contributed by atoms with Gasteiger partial charge in [-0.3, -0.25) is 14.3 Å². The summed E-state index contributed by atoms with van der Waals surface area (Å²) >= 11 is 6.04. The Hall–Kier alpha value is -2.87. The van der Waals surface area contributed by atoms with Gasteiger partial charge in [0.2, 0.25) is 0 Å². The second kappa shape index (κ2) is 7.03. The molecule has 0 fully saturated rings. The van der Waals surface area contributed by atoms with Gasteiger partial charge in [-0.1, -0.05) is 35.9 Å². The molecule has 0 saturated carbocycles.